The van der Waals surface area contributed by atoms with Gasteiger partial charge < -0.3 is 10.6 Å². The van der Waals surface area contributed by atoms with Gasteiger partial charge in [0.15, 0.2) is 5.11 Å². The fourth-order valence-electron chi connectivity index (χ4n) is 1.63. The summed E-state index contributed by atoms with van der Waals surface area (Å²) < 4.78 is 1.80. The highest BCUT2D eigenvalue weighted by Crippen LogP contribution is 2.20. The first kappa shape index (κ1) is 15.1. The van der Waals surface area contributed by atoms with Gasteiger partial charge in [0.1, 0.15) is 0 Å². The Morgan fingerprint density at radius 1 is 1.30 bits per heavy atom. The molecule has 0 radical (unpaired) electrons. The molecule has 2 rings (SSSR count). The quantitative estimate of drug-likeness (QED) is 0.650. The van der Waals surface area contributed by atoms with E-state index in [1.807, 2.05) is 24.3 Å². The number of aromatic nitrogens is 2. The van der Waals surface area contributed by atoms with Crippen molar-refractivity contribution >= 4 is 46.2 Å². The minimum atomic E-state index is 0.552. The van der Waals surface area contributed by atoms with Crippen LogP contribution >= 0.6 is 35.4 Å². The van der Waals surface area contributed by atoms with Crippen LogP contribution < -0.4 is 10.6 Å². The van der Waals surface area contributed by atoms with Gasteiger partial charge in [0.25, 0.3) is 0 Å². The predicted octanol–water partition coefficient (Wildman–Crippen LogP) is 3.57. The number of aryl methyl sites for hydroxylation is 1. The van der Waals surface area contributed by atoms with Crippen LogP contribution in [0.3, 0.4) is 0 Å². The van der Waals surface area contributed by atoms with Crippen LogP contribution in [0.4, 0.5) is 5.69 Å². The topological polar surface area (TPSA) is 41.9 Å². The first-order valence-corrected chi connectivity index (χ1v) is 7.29. The van der Waals surface area contributed by atoms with Crippen LogP contribution in [0.1, 0.15) is 6.42 Å². The normalized spacial score (nSPS) is 10.3. The molecule has 1 aromatic heterocycles. The Balaban J connectivity index is 1.69. The van der Waals surface area contributed by atoms with Crippen LogP contribution in [-0.4, -0.2) is 21.4 Å². The van der Waals surface area contributed by atoms with E-state index in [0.29, 0.717) is 15.2 Å². The van der Waals surface area contributed by atoms with E-state index in [-0.39, 0.29) is 0 Å². The maximum Gasteiger partial charge on any atom is 0.170 e. The first-order valence-electron chi connectivity index (χ1n) is 6.12. The van der Waals surface area contributed by atoms with Crippen LogP contribution in [0.2, 0.25) is 10.0 Å². The number of rotatable bonds is 5. The van der Waals surface area contributed by atoms with Crippen molar-refractivity contribution in [3.05, 3.63) is 46.7 Å². The van der Waals surface area contributed by atoms with E-state index < -0.39 is 0 Å². The van der Waals surface area contributed by atoms with Crippen molar-refractivity contribution in [1.29, 1.82) is 0 Å². The van der Waals surface area contributed by atoms with E-state index >= 15 is 0 Å². The number of thiocarbonyl (C=S) groups is 1. The zero-order valence-corrected chi connectivity index (χ0v) is 13.0. The summed E-state index contributed by atoms with van der Waals surface area (Å²) in [6.07, 6.45) is 4.31. The lowest BCUT2D eigenvalue weighted by Crippen LogP contribution is -2.29. The Bertz CT molecular complexity index is 585. The molecule has 0 amide bonds. The van der Waals surface area contributed by atoms with Crippen LogP contribution in [0.5, 0.6) is 0 Å². The molecule has 0 saturated carbocycles. The molecule has 7 heteroatoms. The summed E-state index contributed by atoms with van der Waals surface area (Å²) in [5, 5.41) is 12.1. The largest absolute Gasteiger partial charge is 0.362 e. The van der Waals surface area contributed by atoms with Crippen molar-refractivity contribution in [3.8, 4) is 0 Å². The average molecular weight is 329 g/mol. The second-order valence-corrected chi connectivity index (χ2v) is 5.39. The summed E-state index contributed by atoms with van der Waals surface area (Å²) in [5.41, 5.74) is 0.797. The van der Waals surface area contributed by atoms with Gasteiger partial charge in [0.2, 0.25) is 0 Å². The SMILES string of the molecule is S=C(NCCCn1cc(Cl)cn1)Nc1ccccc1Cl. The molecular formula is C13H14Cl2N4S. The summed E-state index contributed by atoms with van der Waals surface area (Å²) >= 11 is 17.0. The van der Waals surface area contributed by atoms with Crippen LogP contribution in [0, 0.1) is 0 Å². The highest BCUT2D eigenvalue weighted by Gasteiger charge is 2.01. The van der Waals surface area contributed by atoms with Crippen molar-refractivity contribution in [3.63, 3.8) is 0 Å². The second kappa shape index (κ2) is 7.47. The van der Waals surface area contributed by atoms with E-state index in [2.05, 4.69) is 15.7 Å². The minimum absolute atomic E-state index is 0.552. The zero-order chi connectivity index (χ0) is 14.4. The molecule has 20 heavy (non-hydrogen) atoms. The molecule has 0 fully saturated rings. The van der Waals surface area contributed by atoms with Gasteiger partial charge in [-0.1, -0.05) is 35.3 Å². The van der Waals surface area contributed by atoms with Gasteiger partial charge in [-0.3, -0.25) is 4.68 Å². The van der Waals surface area contributed by atoms with Gasteiger partial charge >= 0.3 is 0 Å². The average Bonchev–Trinajstić information content (AvgIpc) is 2.83. The van der Waals surface area contributed by atoms with Gasteiger partial charge in [-0.15, -0.1) is 0 Å². The molecule has 1 heterocycles. The number of benzene rings is 1. The Labute approximate surface area is 133 Å². The van der Waals surface area contributed by atoms with Crippen LogP contribution in [-0.2, 0) is 6.54 Å². The van der Waals surface area contributed by atoms with Crippen LogP contribution in [0.25, 0.3) is 0 Å². The van der Waals surface area contributed by atoms with E-state index in [0.717, 1.165) is 25.2 Å². The number of nitrogens with one attached hydrogen (secondary N) is 2. The monoisotopic (exact) mass is 328 g/mol. The molecule has 4 nitrogen and oxygen atoms in total. The number of anilines is 1. The summed E-state index contributed by atoms with van der Waals surface area (Å²) in [6.45, 7) is 1.53. The van der Waals surface area contributed by atoms with E-state index in [4.69, 9.17) is 35.4 Å². The lowest BCUT2D eigenvalue weighted by atomic mass is 10.3. The van der Waals surface area contributed by atoms with Crippen LogP contribution in [0.15, 0.2) is 36.7 Å². The molecule has 0 atom stereocenters. The van der Waals surface area contributed by atoms with E-state index in [9.17, 15) is 0 Å². The molecule has 0 spiro atoms. The first-order chi connectivity index (χ1) is 9.65. The number of halogens is 2. The summed E-state index contributed by atoms with van der Waals surface area (Å²) in [4.78, 5) is 0. The van der Waals surface area contributed by atoms with E-state index in [1.54, 1.807) is 17.1 Å². The van der Waals surface area contributed by atoms with Crippen molar-refractivity contribution in [2.75, 3.05) is 11.9 Å². The molecular weight excluding hydrogens is 315 g/mol. The third kappa shape index (κ3) is 4.67. The minimum Gasteiger partial charge on any atom is -0.362 e. The number of hydrogen-bond acceptors (Lipinski definition) is 2. The fraction of sp³-hybridized carbons (Fsp3) is 0.231. The molecule has 1 aromatic carbocycles. The van der Waals surface area contributed by atoms with Crippen molar-refractivity contribution in [2.24, 2.45) is 0 Å². The number of hydrogen-bond donors (Lipinski definition) is 2. The molecule has 0 bridgehead atoms. The second-order valence-electron chi connectivity index (χ2n) is 4.14. The van der Waals surface area contributed by atoms with Gasteiger partial charge in [0.05, 0.1) is 21.9 Å². The maximum absolute atomic E-state index is 6.04. The van der Waals surface area contributed by atoms with Crippen molar-refractivity contribution in [2.45, 2.75) is 13.0 Å². The highest BCUT2D eigenvalue weighted by molar-refractivity contribution is 7.80. The smallest absolute Gasteiger partial charge is 0.170 e. The maximum atomic E-state index is 6.04. The summed E-state index contributed by atoms with van der Waals surface area (Å²) in [5.74, 6) is 0. The fourth-order valence-corrected chi connectivity index (χ4v) is 2.18. The molecule has 0 saturated heterocycles. The molecule has 106 valence electrons. The van der Waals surface area contributed by atoms with Crippen molar-refractivity contribution < 1.29 is 0 Å². The zero-order valence-electron chi connectivity index (χ0n) is 10.6. The lowest BCUT2D eigenvalue weighted by Gasteiger charge is -2.11. The summed E-state index contributed by atoms with van der Waals surface area (Å²) in [7, 11) is 0. The van der Waals surface area contributed by atoms with E-state index in [1.165, 1.54) is 0 Å². The Morgan fingerprint density at radius 3 is 2.80 bits per heavy atom. The van der Waals surface area contributed by atoms with Crippen molar-refractivity contribution in [1.82, 2.24) is 15.1 Å². The molecule has 2 aromatic rings. The third-order valence-electron chi connectivity index (χ3n) is 2.57. The molecule has 0 unspecified atom stereocenters. The molecule has 2 N–H and O–H groups in total. The van der Waals surface area contributed by atoms with Gasteiger partial charge in [-0.2, -0.15) is 5.10 Å². The Morgan fingerprint density at radius 2 is 2.10 bits per heavy atom. The third-order valence-corrected chi connectivity index (χ3v) is 3.34. The Kier molecular flexibility index (Phi) is 5.64. The molecule has 0 aliphatic carbocycles. The lowest BCUT2D eigenvalue weighted by molar-refractivity contribution is 0.574. The van der Waals surface area contributed by atoms with Gasteiger partial charge in [-0.05, 0) is 30.8 Å². The molecule has 0 aliphatic rings. The number of para-hydroxylation sites is 1. The standard InChI is InChI=1S/C13H14Cl2N4S/c14-10-8-17-19(9-10)7-3-6-16-13(20)18-12-5-2-1-4-11(12)15/h1-2,4-5,8-9H,3,6-7H2,(H2,16,18,20). The molecule has 0 aliphatic heterocycles. The Hall–Kier alpha value is -1.30. The highest BCUT2D eigenvalue weighted by atomic mass is 35.5. The summed E-state index contributed by atoms with van der Waals surface area (Å²) in [6, 6.07) is 7.47. The van der Waals surface area contributed by atoms with Gasteiger partial charge in [0, 0.05) is 19.3 Å². The van der Waals surface area contributed by atoms with Gasteiger partial charge in [-0.25, -0.2) is 0 Å². The predicted molar refractivity (Wildman–Crippen MR) is 87.5 cm³/mol. The number of nitrogens with zero attached hydrogens (tertiary/aromatic N) is 2.